The van der Waals surface area contributed by atoms with Gasteiger partial charge in [0.25, 0.3) is 0 Å². The maximum absolute atomic E-state index is 11.0. The molecule has 0 aromatic carbocycles. The highest BCUT2D eigenvalue weighted by molar-refractivity contribution is 5.75. The third-order valence-electron chi connectivity index (χ3n) is 2.30. The molecule has 0 amide bonds. The number of carbonyl (C=O) groups excluding carboxylic acids is 1. The molecule has 0 saturated carbocycles. The van der Waals surface area contributed by atoms with E-state index in [-0.39, 0.29) is 0 Å². The molecule has 7 heteroatoms. The number of hydrogen-bond donors (Lipinski definition) is 0. The van der Waals surface area contributed by atoms with E-state index in [2.05, 4.69) is 4.74 Å². The number of alkyl halides is 3. The Bertz CT molecular complexity index is 221. The summed E-state index contributed by atoms with van der Waals surface area (Å²) in [6.45, 7) is 1.82. The molecule has 2 fully saturated rings. The van der Waals surface area contributed by atoms with Crippen molar-refractivity contribution in [1.29, 1.82) is 0 Å². The zero-order chi connectivity index (χ0) is 12.2. The predicted molar refractivity (Wildman–Crippen MR) is 46.8 cm³/mol. The molecule has 16 heavy (non-hydrogen) atoms. The van der Waals surface area contributed by atoms with Crippen molar-refractivity contribution in [2.24, 2.45) is 0 Å². The lowest BCUT2D eigenvalue weighted by Crippen LogP contribution is -2.23. The predicted octanol–water partition coefficient (Wildman–Crippen LogP) is 1.29. The van der Waals surface area contributed by atoms with Crippen LogP contribution in [0.1, 0.15) is 12.8 Å². The molecule has 2 saturated heterocycles. The fourth-order valence-corrected chi connectivity index (χ4v) is 1.54. The molecule has 4 nitrogen and oxygen atoms in total. The van der Waals surface area contributed by atoms with Crippen LogP contribution in [0.5, 0.6) is 0 Å². The van der Waals surface area contributed by atoms with E-state index in [0.29, 0.717) is 19.3 Å². The van der Waals surface area contributed by atoms with Gasteiger partial charge >= 0.3 is 12.1 Å². The Balaban J connectivity index is 0.000000160. The van der Waals surface area contributed by atoms with Gasteiger partial charge in [0, 0.05) is 13.2 Å². The van der Waals surface area contributed by atoms with Crippen LogP contribution in [0.25, 0.3) is 0 Å². The van der Waals surface area contributed by atoms with Crippen molar-refractivity contribution in [3.63, 3.8) is 0 Å². The lowest BCUT2D eigenvalue weighted by atomic mass is 10.2. The van der Waals surface area contributed by atoms with Crippen LogP contribution in [-0.4, -0.2) is 44.7 Å². The van der Waals surface area contributed by atoms with Crippen molar-refractivity contribution in [2.45, 2.75) is 31.2 Å². The second-order valence-corrected chi connectivity index (χ2v) is 3.39. The Labute approximate surface area is 90.7 Å². The molecule has 0 aliphatic carbocycles. The van der Waals surface area contributed by atoms with Crippen molar-refractivity contribution in [3.8, 4) is 0 Å². The highest BCUT2D eigenvalue weighted by Gasteiger charge is 2.40. The van der Waals surface area contributed by atoms with Gasteiger partial charge in [0.15, 0.2) is 0 Å². The topological polar surface area (TPSA) is 44.8 Å². The van der Waals surface area contributed by atoms with Gasteiger partial charge in [-0.1, -0.05) is 0 Å². The van der Waals surface area contributed by atoms with Crippen molar-refractivity contribution < 1.29 is 32.2 Å². The Morgan fingerprint density at radius 3 is 1.88 bits per heavy atom. The summed E-state index contributed by atoms with van der Waals surface area (Å²) in [5, 5.41) is 0. The third-order valence-corrected chi connectivity index (χ3v) is 2.30. The van der Waals surface area contributed by atoms with Crippen molar-refractivity contribution >= 4 is 5.97 Å². The van der Waals surface area contributed by atoms with Gasteiger partial charge in [0.1, 0.15) is 0 Å². The number of carbonyl (C=O) groups is 1. The fourth-order valence-electron chi connectivity index (χ4n) is 1.54. The van der Waals surface area contributed by atoms with Gasteiger partial charge in [-0.05, 0) is 12.8 Å². The van der Waals surface area contributed by atoms with Gasteiger partial charge in [-0.25, -0.2) is 4.79 Å². The van der Waals surface area contributed by atoms with Crippen LogP contribution in [0.3, 0.4) is 0 Å². The first-order valence-electron chi connectivity index (χ1n) is 4.83. The molecule has 0 unspecified atom stereocenters. The molecule has 0 spiro atoms. The Morgan fingerprint density at radius 2 is 1.62 bits per heavy atom. The van der Waals surface area contributed by atoms with Crippen molar-refractivity contribution in [1.82, 2.24) is 0 Å². The van der Waals surface area contributed by atoms with E-state index in [1.54, 1.807) is 0 Å². The molecule has 2 atom stereocenters. The number of rotatable bonds is 0. The minimum absolute atomic E-state index is 0.454. The lowest BCUT2D eigenvalue weighted by molar-refractivity contribution is -0.196. The smallest absolute Gasteiger partial charge is 0.462 e. The zero-order valence-electron chi connectivity index (χ0n) is 8.75. The molecule has 2 rings (SSSR count). The number of hydrogen-bond acceptors (Lipinski definition) is 4. The summed E-state index contributed by atoms with van der Waals surface area (Å²) in [5.41, 5.74) is 0. The second kappa shape index (κ2) is 5.49. The minimum Gasteiger partial charge on any atom is -0.462 e. The van der Waals surface area contributed by atoms with E-state index in [0.717, 1.165) is 26.1 Å². The summed E-state index contributed by atoms with van der Waals surface area (Å²) in [6.07, 6.45) is -1.71. The first kappa shape index (κ1) is 13.2. The number of ether oxygens (including phenoxy) is 3. The number of halogens is 3. The van der Waals surface area contributed by atoms with Crippen LogP contribution >= 0.6 is 0 Å². The molecule has 2 heterocycles. The Kier molecular flexibility index (Phi) is 4.55. The van der Waals surface area contributed by atoms with E-state index in [9.17, 15) is 18.0 Å². The number of methoxy groups -OCH3 is 1. The summed E-state index contributed by atoms with van der Waals surface area (Å²) in [4.78, 5) is 9.49. The van der Waals surface area contributed by atoms with Crippen LogP contribution in [-0.2, 0) is 19.0 Å². The first-order chi connectivity index (χ1) is 7.45. The molecule has 2 aliphatic rings. The van der Waals surface area contributed by atoms with Gasteiger partial charge in [-0.15, -0.1) is 0 Å². The van der Waals surface area contributed by atoms with E-state index < -0.39 is 12.1 Å². The van der Waals surface area contributed by atoms with E-state index in [1.165, 1.54) is 0 Å². The molecule has 2 aliphatic heterocycles. The zero-order valence-corrected chi connectivity index (χ0v) is 8.75. The Hall–Kier alpha value is -0.820. The van der Waals surface area contributed by atoms with Crippen molar-refractivity contribution in [3.05, 3.63) is 0 Å². The average Bonchev–Trinajstić information content (AvgIpc) is 2.77. The van der Waals surface area contributed by atoms with Crippen LogP contribution in [0.2, 0.25) is 0 Å². The van der Waals surface area contributed by atoms with E-state index in [4.69, 9.17) is 9.47 Å². The van der Waals surface area contributed by atoms with Gasteiger partial charge in [-0.3, -0.25) is 0 Å². The molecule has 0 N–H and O–H groups in total. The summed E-state index contributed by atoms with van der Waals surface area (Å²) in [7, 11) is 0.676. The highest BCUT2D eigenvalue weighted by Crippen LogP contribution is 2.25. The van der Waals surface area contributed by atoms with E-state index in [1.807, 2.05) is 0 Å². The molecule has 0 bridgehead atoms. The maximum Gasteiger partial charge on any atom is 0.490 e. The summed E-state index contributed by atoms with van der Waals surface area (Å²) >= 11 is 0. The van der Waals surface area contributed by atoms with Crippen LogP contribution in [0.15, 0.2) is 0 Å². The highest BCUT2D eigenvalue weighted by atomic mass is 19.4. The number of fused-ring (bicyclic) bond motifs is 1. The molecule has 0 aromatic rings. The van der Waals surface area contributed by atoms with E-state index >= 15 is 0 Å². The quantitative estimate of drug-likeness (QED) is 0.600. The molecular formula is C9H13F3O4. The van der Waals surface area contributed by atoms with Gasteiger partial charge in [-0.2, -0.15) is 13.2 Å². The van der Waals surface area contributed by atoms with Gasteiger partial charge in [0.05, 0.1) is 19.3 Å². The molecule has 94 valence electrons. The first-order valence-corrected chi connectivity index (χ1v) is 4.83. The van der Waals surface area contributed by atoms with Crippen LogP contribution in [0.4, 0.5) is 13.2 Å². The standard InChI is InChI=1S/C6H10O2.C3H3F3O2/c1-3-7-6-2-4-8-5(1)6;1-8-2(7)3(4,5)6/h5-6H,1-4H2;1H3/t5-,6-;/m1./s1. The van der Waals surface area contributed by atoms with Crippen LogP contribution < -0.4 is 0 Å². The lowest BCUT2D eigenvalue weighted by Gasteiger charge is -2.03. The second-order valence-electron chi connectivity index (χ2n) is 3.39. The maximum atomic E-state index is 11.0. The molecule has 0 radical (unpaired) electrons. The third kappa shape index (κ3) is 3.64. The monoisotopic (exact) mass is 242 g/mol. The SMILES string of the molecule is C1C[C@H]2OCC[C@H]2O1.COC(=O)C(F)(F)F. The summed E-state index contributed by atoms with van der Waals surface area (Å²) in [6, 6.07) is 0. The molecular weight excluding hydrogens is 229 g/mol. The van der Waals surface area contributed by atoms with Gasteiger partial charge in [0.2, 0.25) is 0 Å². The number of esters is 1. The largest absolute Gasteiger partial charge is 0.490 e. The van der Waals surface area contributed by atoms with Crippen LogP contribution in [0, 0.1) is 0 Å². The van der Waals surface area contributed by atoms with Gasteiger partial charge < -0.3 is 14.2 Å². The Morgan fingerprint density at radius 1 is 1.19 bits per heavy atom. The normalized spacial score (nSPS) is 28.0. The average molecular weight is 242 g/mol. The fraction of sp³-hybridized carbons (Fsp3) is 0.889. The van der Waals surface area contributed by atoms with Crippen molar-refractivity contribution in [2.75, 3.05) is 20.3 Å². The summed E-state index contributed by atoms with van der Waals surface area (Å²) < 4.78 is 47.0. The summed E-state index contributed by atoms with van der Waals surface area (Å²) in [5.74, 6) is -2.17. The molecule has 0 aromatic heterocycles. The minimum atomic E-state index is -4.85.